The summed E-state index contributed by atoms with van der Waals surface area (Å²) in [5.74, 6) is 0.918. The molecule has 26 heavy (non-hydrogen) atoms. The smallest absolute Gasteiger partial charge is 0.255 e. The largest absolute Gasteiger partial charge is 0.357 e. The Kier molecular flexibility index (Phi) is 5.78. The summed E-state index contributed by atoms with van der Waals surface area (Å²) in [4.78, 5) is 31.7. The molecule has 7 heteroatoms. The standard InChI is InChI=1S/C19H23N5OS/c1-4-15-11-16-17(21-13-22-18(16)26-15)23(3)9-10-24(5-2)19(25)14-7-6-8-20-12-14/h6-8,11-13H,4-5,9-10H2,1-3H3. The molecule has 3 heterocycles. The van der Waals surface area contributed by atoms with E-state index in [1.54, 1.807) is 42.2 Å². The van der Waals surface area contributed by atoms with Crippen LogP contribution in [0.1, 0.15) is 29.1 Å². The monoisotopic (exact) mass is 369 g/mol. The average Bonchev–Trinajstić information content (AvgIpc) is 3.12. The Bertz CT molecular complexity index is 880. The van der Waals surface area contributed by atoms with Crippen LogP contribution >= 0.6 is 11.3 Å². The second-order valence-corrected chi connectivity index (χ2v) is 7.15. The molecule has 6 nitrogen and oxygen atoms in total. The van der Waals surface area contributed by atoms with E-state index in [4.69, 9.17) is 0 Å². The number of hydrogen-bond acceptors (Lipinski definition) is 6. The molecule has 0 atom stereocenters. The Morgan fingerprint density at radius 2 is 2.08 bits per heavy atom. The molecule has 0 aliphatic rings. The summed E-state index contributed by atoms with van der Waals surface area (Å²) >= 11 is 1.71. The SMILES string of the molecule is CCc1cc2c(N(C)CCN(CC)C(=O)c3cccnc3)ncnc2s1. The van der Waals surface area contributed by atoms with E-state index in [1.165, 1.54) is 4.88 Å². The zero-order valence-electron chi connectivity index (χ0n) is 15.3. The molecule has 0 saturated heterocycles. The first kappa shape index (κ1) is 18.3. The number of carbonyl (C=O) groups excluding carboxylic acids is 1. The Balaban J connectivity index is 1.72. The molecule has 3 rings (SSSR count). The van der Waals surface area contributed by atoms with E-state index in [2.05, 4.69) is 32.8 Å². The van der Waals surface area contributed by atoms with Gasteiger partial charge in [-0.15, -0.1) is 11.3 Å². The number of aryl methyl sites for hydroxylation is 1. The summed E-state index contributed by atoms with van der Waals surface area (Å²) in [7, 11) is 2.01. The first-order valence-corrected chi connectivity index (χ1v) is 9.59. The van der Waals surface area contributed by atoms with Crippen LogP contribution in [0.5, 0.6) is 0 Å². The fraction of sp³-hybridized carbons (Fsp3) is 0.368. The minimum atomic E-state index is 0.00522. The molecular weight excluding hydrogens is 346 g/mol. The molecule has 0 saturated carbocycles. The molecule has 0 radical (unpaired) electrons. The lowest BCUT2D eigenvalue weighted by atomic mass is 10.2. The van der Waals surface area contributed by atoms with Crippen molar-refractivity contribution in [3.05, 3.63) is 47.4 Å². The number of nitrogens with zero attached hydrogens (tertiary/aromatic N) is 5. The average molecular weight is 369 g/mol. The Morgan fingerprint density at radius 1 is 1.23 bits per heavy atom. The summed E-state index contributed by atoms with van der Waals surface area (Å²) in [6, 6.07) is 5.75. The topological polar surface area (TPSA) is 62.2 Å². The molecule has 1 amide bonds. The first-order valence-electron chi connectivity index (χ1n) is 8.77. The van der Waals surface area contributed by atoms with Gasteiger partial charge in [0.1, 0.15) is 17.0 Å². The maximum atomic E-state index is 12.6. The quantitative estimate of drug-likeness (QED) is 0.640. The predicted molar refractivity (Wildman–Crippen MR) is 106 cm³/mol. The Hall–Kier alpha value is -2.54. The van der Waals surface area contributed by atoms with E-state index in [0.717, 1.165) is 22.5 Å². The van der Waals surface area contributed by atoms with Gasteiger partial charge < -0.3 is 9.80 Å². The number of thiophene rings is 1. The van der Waals surface area contributed by atoms with Gasteiger partial charge in [0.05, 0.1) is 10.9 Å². The van der Waals surface area contributed by atoms with Crippen LogP contribution in [0, 0.1) is 0 Å². The van der Waals surface area contributed by atoms with Crippen LogP contribution in [0.2, 0.25) is 0 Å². The van der Waals surface area contributed by atoms with Gasteiger partial charge in [0.2, 0.25) is 0 Å². The Labute approximate surface area is 157 Å². The Morgan fingerprint density at radius 3 is 2.77 bits per heavy atom. The minimum absolute atomic E-state index is 0.00522. The number of aromatic nitrogens is 3. The molecule has 0 aromatic carbocycles. The number of hydrogen-bond donors (Lipinski definition) is 0. The van der Waals surface area contributed by atoms with E-state index < -0.39 is 0 Å². The molecule has 0 N–H and O–H groups in total. The highest BCUT2D eigenvalue weighted by Crippen LogP contribution is 2.29. The van der Waals surface area contributed by atoms with Crippen molar-refractivity contribution in [2.24, 2.45) is 0 Å². The van der Waals surface area contributed by atoms with Crippen molar-refractivity contribution in [3.63, 3.8) is 0 Å². The van der Waals surface area contributed by atoms with Crippen molar-refractivity contribution in [2.45, 2.75) is 20.3 Å². The molecule has 3 aromatic rings. The number of anilines is 1. The maximum Gasteiger partial charge on any atom is 0.255 e. The van der Waals surface area contributed by atoms with Crippen LogP contribution in [-0.4, -0.2) is 52.4 Å². The predicted octanol–water partition coefficient (Wildman–Crippen LogP) is 3.25. The summed E-state index contributed by atoms with van der Waals surface area (Å²) in [6.45, 7) is 6.10. The lowest BCUT2D eigenvalue weighted by molar-refractivity contribution is 0.0768. The third kappa shape index (κ3) is 3.83. The van der Waals surface area contributed by atoms with Crippen LogP contribution in [0.15, 0.2) is 36.9 Å². The molecule has 0 aliphatic heterocycles. The maximum absolute atomic E-state index is 12.6. The van der Waals surface area contributed by atoms with Gasteiger partial charge in [0.15, 0.2) is 0 Å². The summed E-state index contributed by atoms with van der Waals surface area (Å²) < 4.78 is 0. The van der Waals surface area contributed by atoms with Crippen molar-refractivity contribution in [1.29, 1.82) is 0 Å². The van der Waals surface area contributed by atoms with Crippen molar-refractivity contribution < 1.29 is 4.79 Å². The van der Waals surface area contributed by atoms with Gasteiger partial charge in [-0.1, -0.05) is 6.92 Å². The summed E-state index contributed by atoms with van der Waals surface area (Å²) in [6.07, 6.45) is 5.89. The zero-order chi connectivity index (χ0) is 18.5. The third-order valence-corrected chi connectivity index (χ3v) is 5.54. The van der Waals surface area contributed by atoms with E-state index in [0.29, 0.717) is 25.2 Å². The van der Waals surface area contributed by atoms with Gasteiger partial charge in [-0.05, 0) is 31.5 Å². The summed E-state index contributed by atoms with van der Waals surface area (Å²) in [5, 5.41) is 1.08. The van der Waals surface area contributed by atoms with Gasteiger partial charge in [0.25, 0.3) is 5.91 Å². The molecule has 0 bridgehead atoms. The first-order chi connectivity index (χ1) is 12.6. The number of amides is 1. The van der Waals surface area contributed by atoms with Gasteiger partial charge in [0, 0.05) is 44.0 Å². The van der Waals surface area contributed by atoms with Crippen molar-refractivity contribution in [1.82, 2.24) is 19.9 Å². The number of rotatable bonds is 7. The van der Waals surface area contributed by atoms with Crippen LogP contribution in [0.4, 0.5) is 5.82 Å². The number of fused-ring (bicyclic) bond motifs is 1. The fourth-order valence-electron chi connectivity index (χ4n) is 2.82. The number of carbonyl (C=O) groups is 1. The number of pyridine rings is 1. The third-order valence-electron chi connectivity index (χ3n) is 4.35. The van der Waals surface area contributed by atoms with Gasteiger partial charge >= 0.3 is 0 Å². The zero-order valence-corrected chi connectivity index (χ0v) is 16.2. The molecule has 0 fully saturated rings. The molecule has 0 spiro atoms. The van der Waals surface area contributed by atoms with Crippen molar-refractivity contribution >= 4 is 33.3 Å². The highest BCUT2D eigenvalue weighted by atomic mass is 32.1. The van der Waals surface area contributed by atoms with Gasteiger partial charge in [-0.25, -0.2) is 9.97 Å². The van der Waals surface area contributed by atoms with Gasteiger partial charge in [-0.3, -0.25) is 9.78 Å². The number of likely N-dealkylation sites (N-methyl/N-ethyl adjacent to an activating group) is 2. The van der Waals surface area contributed by atoms with Crippen molar-refractivity contribution in [2.75, 3.05) is 31.6 Å². The molecular formula is C19H23N5OS. The normalized spacial score (nSPS) is 10.9. The fourth-order valence-corrected chi connectivity index (χ4v) is 3.75. The van der Waals surface area contributed by atoms with Crippen LogP contribution < -0.4 is 4.90 Å². The second-order valence-electron chi connectivity index (χ2n) is 6.03. The van der Waals surface area contributed by atoms with E-state index in [9.17, 15) is 4.79 Å². The van der Waals surface area contributed by atoms with Crippen LogP contribution in [0.25, 0.3) is 10.2 Å². The second kappa shape index (κ2) is 8.23. The molecule has 0 aliphatic carbocycles. The minimum Gasteiger partial charge on any atom is -0.357 e. The molecule has 3 aromatic heterocycles. The van der Waals surface area contributed by atoms with E-state index in [-0.39, 0.29) is 5.91 Å². The molecule has 136 valence electrons. The van der Waals surface area contributed by atoms with Crippen LogP contribution in [-0.2, 0) is 6.42 Å². The van der Waals surface area contributed by atoms with E-state index in [1.807, 2.05) is 18.9 Å². The highest BCUT2D eigenvalue weighted by Gasteiger charge is 2.16. The lowest BCUT2D eigenvalue weighted by Crippen LogP contribution is -2.37. The van der Waals surface area contributed by atoms with E-state index >= 15 is 0 Å². The lowest BCUT2D eigenvalue weighted by Gasteiger charge is -2.25. The van der Waals surface area contributed by atoms with Gasteiger partial charge in [-0.2, -0.15) is 0 Å². The molecule has 0 unspecified atom stereocenters. The van der Waals surface area contributed by atoms with Crippen molar-refractivity contribution in [3.8, 4) is 0 Å². The highest BCUT2D eigenvalue weighted by molar-refractivity contribution is 7.18. The summed E-state index contributed by atoms with van der Waals surface area (Å²) in [5.41, 5.74) is 0.617. The van der Waals surface area contributed by atoms with Crippen LogP contribution in [0.3, 0.4) is 0 Å².